The molecule has 0 aliphatic heterocycles. The minimum atomic E-state index is 0.594. The molecule has 0 aliphatic rings. The molecule has 0 unspecified atom stereocenters. The van der Waals surface area contributed by atoms with Crippen molar-refractivity contribution in [3.63, 3.8) is 0 Å². The maximum atomic E-state index is 5.30. The Hall–Kier alpha value is -1.85. The van der Waals surface area contributed by atoms with Gasteiger partial charge in [0.1, 0.15) is 0 Å². The molecule has 2 heterocycles. The number of ether oxygens (including phenoxy) is 1. The van der Waals surface area contributed by atoms with Crippen molar-refractivity contribution in [3.8, 4) is 5.88 Å². The van der Waals surface area contributed by atoms with Gasteiger partial charge < -0.3 is 9.64 Å². The van der Waals surface area contributed by atoms with Crippen LogP contribution < -0.4 is 14.2 Å². The molecule has 16 heavy (non-hydrogen) atoms. The number of hydrogen-bond donors (Lipinski definition) is 0. The highest BCUT2D eigenvalue weighted by molar-refractivity contribution is 5.75. The number of nitrogens with zero attached hydrogens (tertiary/aromatic N) is 5. The van der Waals surface area contributed by atoms with Crippen molar-refractivity contribution >= 4 is 17.1 Å². The first-order chi connectivity index (χ1) is 7.54. The molecule has 0 saturated heterocycles. The van der Waals surface area contributed by atoms with Gasteiger partial charge in [-0.15, -0.1) is 0 Å². The fourth-order valence-corrected chi connectivity index (χ4v) is 1.68. The van der Waals surface area contributed by atoms with Crippen LogP contribution in [-0.4, -0.2) is 35.7 Å². The molecule has 6 nitrogen and oxygen atoms in total. The Bertz CT molecular complexity index is 531. The highest BCUT2D eigenvalue weighted by atomic mass is 16.5. The van der Waals surface area contributed by atoms with Crippen LogP contribution in [0.4, 0.5) is 5.95 Å². The Morgan fingerprint density at radius 1 is 1.38 bits per heavy atom. The van der Waals surface area contributed by atoms with Gasteiger partial charge in [-0.2, -0.15) is 4.98 Å². The number of aromatic nitrogens is 4. The zero-order valence-electron chi connectivity index (χ0n) is 10.2. The van der Waals surface area contributed by atoms with Crippen molar-refractivity contribution < 1.29 is 9.30 Å². The molecule has 0 fully saturated rings. The van der Waals surface area contributed by atoms with E-state index in [0.717, 1.165) is 11.2 Å². The third-order valence-corrected chi connectivity index (χ3v) is 2.45. The maximum absolute atomic E-state index is 5.30. The Labute approximate surface area is 94.1 Å². The van der Waals surface area contributed by atoms with Gasteiger partial charge in [-0.3, -0.25) is 4.57 Å². The van der Waals surface area contributed by atoms with E-state index in [1.54, 1.807) is 7.11 Å². The van der Waals surface area contributed by atoms with E-state index in [0.29, 0.717) is 11.8 Å². The molecular formula is C10H16N5O+. The predicted octanol–water partition coefficient (Wildman–Crippen LogP) is -0.133. The highest BCUT2D eigenvalue weighted by Gasteiger charge is 2.21. The Morgan fingerprint density at radius 3 is 2.62 bits per heavy atom. The summed E-state index contributed by atoms with van der Waals surface area (Å²) >= 11 is 0. The zero-order valence-corrected chi connectivity index (χ0v) is 10.2. The lowest BCUT2D eigenvalue weighted by molar-refractivity contribution is -0.647. The number of methoxy groups -OCH3 is 1. The minimum absolute atomic E-state index is 0.594. The van der Waals surface area contributed by atoms with Gasteiger partial charge in [0.05, 0.1) is 21.2 Å². The molecule has 0 saturated carbocycles. The Balaban J connectivity index is 2.81. The van der Waals surface area contributed by atoms with Gasteiger partial charge in [-0.25, -0.2) is 4.57 Å². The summed E-state index contributed by atoms with van der Waals surface area (Å²) in [4.78, 5) is 10.7. The van der Waals surface area contributed by atoms with Crippen LogP contribution in [0.25, 0.3) is 11.2 Å². The SMILES string of the molecule is COc1nc(N(C)C)nc2c1n(C)c[n+]2C. The van der Waals surface area contributed by atoms with Gasteiger partial charge >= 0.3 is 11.6 Å². The van der Waals surface area contributed by atoms with Crippen molar-refractivity contribution in [3.05, 3.63) is 6.33 Å². The molecule has 0 bridgehead atoms. The van der Waals surface area contributed by atoms with Crippen molar-refractivity contribution in [2.75, 3.05) is 26.1 Å². The van der Waals surface area contributed by atoms with E-state index in [9.17, 15) is 0 Å². The molecule has 0 amide bonds. The third kappa shape index (κ3) is 1.46. The van der Waals surface area contributed by atoms with Crippen molar-refractivity contribution in [2.24, 2.45) is 14.1 Å². The van der Waals surface area contributed by atoms with Crippen LogP contribution in [0.15, 0.2) is 6.33 Å². The minimum Gasteiger partial charge on any atom is -0.478 e. The van der Waals surface area contributed by atoms with Gasteiger partial charge in [0.2, 0.25) is 5.52 Å². The summed E-state index contributed by atoms with van der Waals surface area (Å²) in [5.74, 6) is 1.24. The number of rotatable bonds is 2. The highest BCUT2D eigenvalue weighted by Crippen LogP contribution is 2.21. The summed E-state index contributed by atoms with van der Waals surface area (Å²) in [6.07, 6.45) is 1.95. The first kappa shape index (κ1) is 10.7. The van der Waals surface area contributed by atoms with Crippen LogP contribution in [0.5, 0.6) is 5.88 Å². The average Bonchev–Trinajstić information content (AvgIpc) is 2.53. The summed E-state index contributed by atoms with van der Waals surface area (Å²) in [6, 6.07) is 0. The summed E-state index contributed by atoms with van der Waals surface area (Å²) in [7, 11) is 9.33. The Morgan fingerprint density at radius 2 is 2.06 bits per heavy atom. The van der Waals surface area contributed by atoms with Gasteiger partial charge in [0.25, 0.3) is 5.88 Å². The zero-order chi connectivity index (χ0) is 11.9. The number of anilines is 1. The topological polar surface area (TPSA) is 47.1 Å². The largest absolute Gasteiger partial charge is 0.478 e. The van der Waals surface area contributed by atoms with E-state index in [-0.39, 0.29) is 0 Å². The van der Waals surface area contributed by atoms with Crippen LogP contribution in [0.3, 0.4) is 0 Å². The molecule has 2 aromatic heterocycles. The van der Waals surface area contributed by atoms with E-state index in [4.69, 9.17) is 4.74 Å². The van der Waals surface area contributed by atoms with Crippen LogP contribution in [0.2, 0.25) is 0 Å². The van der Waals surface area contributed by atoms with Gasteiger partial charge in [0, 0.05) is 14.1 Å². The average molecular weight is 222 g/mol. The van der Waals surface area contributed by atoms with Crippen LogP contribution in [-0.2, 0) is 14.1 Å². The van der Waals surface area contributed by atoms with E-state index in [2.05, 4.69) is 9.97 Å². The second kappa shape index (κ2) is 3.62. The summed E-state index contributed by atoms with van der Waals surface area (Å²) in [5.41, 5.74) is 1.76. The summed E-state index contributed by atoms with van der Waals surface area (Å²) < 4.78 is 9.20. The monoisotopic (exact) mass is 222 g/mol. The molecular weight excluding hydrogens is 206 g/mol. The first-order valence-electron chi connectivity index (χ1n) is 4.98. The number of imidazole rings is 1. The lowest BCUT2D eigenvalue weighted by atomic mass is 10.5. The van der Waals surface area contributed by atoms with Crippen LogP contribution >= 0.6 is 0 Å². The first-order valence-corrected chi connectivity index (χ1v) is 4.98. The van der Waals surface area contributed by atoms with E-state index in [1.807, 2.05) is 48.6 Å². The molecule has 86 valence electrons. The van der Waals surface area contributed by atoms with Gasteiger partial charge in [-0.05, 0) is 0 Å². The fourth-order valence-electron chi connectivity index (χ4n) is 1.68. The fraction of sp³-hybridized carbons (Fsp3) is 0.500. The van der Waals surface area contributed by atoms with Crippen molar-refractivity contribution in [1.29, 1.82) is 0 Å². The second-order valence-electron chi connectivity index (χ2n) is 3.94. The standard InChI is InChI=1S/C10H16N5O/c1-13(2)10-11-8-7(9(12-10)16-5)14(3)6-15(8)4/h6H,1-5H3/q+1. The second-order valence-corrected chi connectivity index (χ2v) is 3.94. The molecule has 0 aromatic carbocycles. The quantitative estimate of drug-likeness (QED) is 0.664. The summed E-state index contributed by atoms with van der Waals surface area (Å²) in [6.45, 7) is 0. The smallest absolute Gasteiger partial charge is 0.311 e. The van der Waals surface area contributed by atoms with E-state index >= 15 is 0 Å². The van der Waals surface area contributed by atoms with E-state index in [1.165, 1.54) is 0 Å². The maximum Gasteiger partial charge on any atom is 0.311 e. The lowest BCUT2D eigenvalue weighted by Crippen LogP contribution is -2.27. The Kier molecular flexibility index (Phi) is 2.41. The van der Waals surface area contributed by atoms with E-state index < -0.39 is 0 Å². The molecule has 0 N–H and O–H groups in total. The number of fused-ring (bicyclic) bond motifs is 1. The van der Waals surface area contributed by atoms with Crippen molar-refractivity contribution in [2.45, 2.75) is 0 Å². The van der Waals surface area contributed by atoms with Gasteiger partial charge in [-0.1, -0.05) is 4.98 Å². The van der Waals surface area contributed by atoms with Gasteiger partial charge in [0.15, 0.2) is 6.33 Å². The molecule has 0 radical (unpaired) electrons. The molecule has 6 heteroatoms. The number of aryl methyl sites for hydroxylation is 2. The lowest BCUT2D eigenvalue weighted by Gasteiger charge is -2.07. The third-order valence-electron chi connectivity index (χ3n) is 2.45. The normalized spacial score (nSPS) is 10.8. The molecule has 0 spiro atoms. The van der Waals surface area contributed by atoms with Crippen molar-refractivity contribution in [1.82, 2.24) is 14.5 Å². The van der Waals surface area contributed by atoms with Crippen LogP contribution in [0.1, 0.15) is 0 Å². The van der Waals surface area contributed by atoms with Crippen LogP contribution in [0, 0.1) is 0 Å². The predicted molar refractivity (Wildman–Crippen MR) is 60.6 cm³/mol. The number of hydrogen-bond acceptors (Lipinski definition) is 4. The molecule has 0 aliphatic carbocycles. The molecule has 0 atom stereocenters. The summed E-state index contributed by atoms with van der Waals surface area (Å²) in [5, 5.41) is 0. The molecule has 2 rings (SSSR count). The molecule has 2 aromatic rings.